The highest BCUT2D eigenvalue weighted by molar-refractivity contribution is 6.31. The Morgan fingerprint density at radius 1 is 1.23 bits per heavy atom. The maximum Gasteiger partial charge on any atom is 0.319 e. The molecular weight excluding hydrogens is 356 g/mol. The third-order valence-electron chi connectivity index (χ3n) is 4.24. The van der Waals surface area contributed by atoms with Crippen LogP contribution in [0.1, 0.15) is 11.1 Å². The number of rotatable bonds is 4. The lowest BCUT2D eigenvalue weighted by Gasteiger charge is -2.26. The molecule has 0 aromatic heterocycles. The van der Waals surface area contributed by atoms with Gasteiger partial charge in [-0.25, -0.2) is 4.79 Å². The van der Waals surface area contributed by atoms with Gasteiger partial charge in [0.15, 0.2) is 0 Å². The van der Waals surface area contributed by atoms with Crippen LogP contribution in [-0.2, 0) is 6.42 Å². The fourth-order valence-corrected chi connectivity index (χ4v) is 3.02. The van der Waals surface area contributed by atoms with Crippen molar-refractivity contribution >= 4 is 23.3 Å². The number of carbonyl (C=O) groups excluding carboxylic acids is 1. The number of nitrogens with one attached hydrogen (secondary N) is 2. The van der Waals surface area contributed by atoms with Crippen LogP contribution < -0.4 is 24.8 Å². The number of fused-ring (bicyclic) bond motifs is 1. The molecule has 3 rings (SSSR count). The Morgan fingerprint density at radius 3 is 2.77 bits per heavy atom. The number of hydrogen-bond acceptors (Lipinski definition) is 4. The van der Waals surface area contributed by atoms with Crippen LogP contribution in [0.3, 0.4) is 0 Å². The van der Waals surface area contributed by atoms with Crippen molar-refractivity contribution in [2.75, 3.05) is 26.1 Å². The molecule has 0 saturated heterocycles. The van der Waals surface area contributed by atoms with Gasteiger partial charge in [-0.2, -0.15) is 0 Å². The van der Waals surface area contributed by atoms with Gasteiger partial charge in [-0.15, -0.1) is 0 Å². The van der Waals surface area contributed by atoms with E-state index in [0.29, 0.717) is 29.5 Å². The molecule has 0 bridgehead atoms. The van der Waals surface area contributed by atoms with Gasteiger partial charge in [-0.1, -0.05) is 11.6 Å². The number of carbonyl (C=O) groups is 1. The molecule has 0 fully saturated rings. The molecular formula is C19H21ClN2O4. The molecule has 0 radical (unpaired) electrons. The maximum atomic E-state index is 12.4. The highest BCUT2D eigenvalue weighted by atomic mass is 35.5. The second kappa shape index (κ2) is 7.74. The summed E-state index contributed by atoms with van der Waals surface area (Å²) in [5.41, 5.74) is 2.41. The summed E-state index contributed by atoms with van der Waals surface area (Å²) >= 11 is 6.09. The number of ether oxygens (including phenoxy) is 3. The van der Waals surface area contributed by atoms with Crippen molar-refractivity contribution in [2.45, 2.75) is 19.4 Å². The first kappa shape index (κ1) is 18.2. The molecule has 0 aliphatic carbocycles. The number of methoxy groups -OCH3 is 2. The number of aryl methyl sites for hydroxylation is 1. The van der Waals surface area contributed by atoms with Crippen molar-refractivity contribution in [3.8, 4) is 17.2 Å². The van der Waals surface area contributed by atoms with Gasteiger partial charge in [-0.05, 0) is 48.7 Å². The Hall–Kier alpha value is -2.60. The SMILES string of the molecule is COc1ccc2c(c1)C[C@H](NC(=O)Nc1cc(C)c(Cl)cc1OC)CO2. The maximum absolute atomic E-state index is 12.4. The van der Waals surface area contributed by atoms with Crippen molar-refractivity contribution in [1.29, 1.82) is 0 Å². The van der Waals surface area contributed by atoms with Crippen LogP contribution in [0.4, 0.5) is 10.5 Å². The fourth-order valence-electron chi connectivity index (χ4n) is 2.86. The second-order valence-electron chi connectivity index (χ2n) is 6.09. The summed E-state index contributed by atoms with van der Waals surface area (Å²) in [5, 5.41) is 6.32. The monoisotopic (exact) mass is 376 g/mol. The summed E-state index contributed by atoms with van der Waals surface area (Å²) in [4.78, 5) is 12.4. The zero-order valence-corrected chi connectivity index (χ0v) is 15.6. The second-order valence-corrected chi connectivity index (χ2v) is 6.49. The molecule has 1 atom stereocenters. The van der Waals surface area contributed by atoms with Crippen molar-refractivity contribution in [2.24, 2.45) is 0 Å². The van der Waals surface area contributed by atoms with Crippen LogP contribution in [0.15, 0.2) is 30.3 Å². The van der Waals surface area contributed by atoms with Gasteiger partial charge in [0, 0.05) is 11.1 Å². The zero-order valence-electron chi connectivity index (χ0n) is 14.9. The summed E-state index contributed by atoms with van der Waals surface area (Å²) in [6.07, 6.45) is 0.663. The fraction of sp³-hybridized carbons (Fsp3) is 0.316. The van der Waals surface area contributed by atoms with Crippen molar-refractivity contribution < 1.29 is 19.0 Å². The van der Waals surface area contributed by atoms with Gasteiger partial charge in [0.05, 0.1) is 25.9 Å². The van der Waals surface area contributed by atoms with Gasteiger partial charge in [-0.3, -0.25) is 0 Å². The Labute approximate surface area is 157 Å². The molecule has 7 heteroatoms. The van der Waals surface area contributed by atoms with Crippen molar-refractivity contribution in [1.82, 2.24) is 5.32 Å². The summed E-state index contributed by atoms with van der Waals surface area (Å²) < 4.78 is 16.2. The molecule has 0 spiro atoms. The summed E-state index contributed by atoms with van der Waals surface area (Å²) in [6.45, 7) is 2.27. The number of benzene rings is 2. The van der Waals surface area contributed by atoms with Crippen molar-refractivity contribution in [3.63, 3.8) is 0 Å². The molecule has 1 aliphatic heterocycles. The average Bonchev–Trinajstić information content (AvgIpc) is 2.63. The van der Waals surface area contributed by atoms with E-state index in [-0.39, 0.29) is 12.1 Å². The third kappa shape index (κ3) is 3.96. The van der Waals surface area contributed by atoms with Gasteiger partial charge in [0.25, 0.3) is 0 Å². The molecule has 1 aliphatic rings. The van der Waals surface area contributed by atoms with E-state index >= 15 is 0 Å². The van der Waals surface area contributed by atoms with E-state index in [2.05, 4.69) is 10.6 Å². The summed E-state index contributed by atoms with van der Waals surface area (Å²) in [6, 6.07) is 8.64. The Balaban J connectivity index is 1.66. The molecule has 26 heavy (non-hydrogen) atoms. The predicted octanol–water partition coefficient (Wildman–Crippen LogP) is 3.79. The minimum Gasteiger partial charge on any atom is -0.497 e. The molecule has 0 saturated carbocycles. The summed E-state index contributed by atoms with van der Waals surface area (Å²) in [7, 11) is 3.15. The van der Waals surface area contributed by atoms with Gasteiger partial charge in [0.2, 0.25) is 0 Å². The van der Waals surface area contributed by atoms with Gasteiger partial charge >= 0.3 is 6.03 Å². The quantitative estimate of drug-likeness (QED) is 0.851. The zero-order chi connectivity index (χ0) is 18.7. The topological polar surface area (TPSA) is 68.8 Å². The standard InChI is InChI=1S/C19H21ClN2O4/c1-11-6-16(18(25-3)9-15(11)20)22-19(23)21-13-7-12-8-14(24-2)4-5-17(12)26-10-13/h4-6,8-9,13H,7,10H2,1-3H3,(H2,21,22,23)/t13-/m0/s1. The van der Waals surface area contributed by atoms with Crippen LogP contribution in [-0.4, -0.2) is 32.9 Å². The third-order valence-corrected chi connectivity index (χ3v) is 4.65. The van der Waals surface area contributed by atoms with E-state index < -0.39 is 0 Å². The first-order chi connectivity index (χ1) is 12.5. The Bertz CT molecular complexity index is 825. The molecule has 0 unspecified atom stereocenters. The minimum absolute atomic E-state index is 0.144. The number of halogens is 1. The number of amides is 2. The van der Waals surface area contributed by atoms with E-state index in [1.807, 2.05) is 25.1 Å². The highest BCUT2D eigenvalue weighted by Crippen LogP contribution is 2.31. The summed E-state index contributed by atoms with van der Waals surface area (Å²) in [5.74, 6) is 2.09. The van der Waals surface area contributed by atoms with Crippen molar-refractivity contribution in [3.05, 3.63) is 46.5 Å². The van der Waals surface area contributed by atoms with Crippen LogP contribution in [0.5, 0.6) is 17.2 Å². The van der Waals surface area contributed by atoms with Gasteiger partial charge < -0.3 is 24.8 Å². The lowest BCUT2D eigenvalue weighted by atomic mass is 10.0. The van der Waals surface area contributed by atoms with Crippen LogP contribution in [0.2, 0.25) is 5.02 Å². The molecule has 2 N–H and O–H groups in total. The number of anilines is 1. The normalized spacial score (nSPS) is 15.5. The van der Waals surface area contributed by atoms with E-state index in [0.717, 1.165) is 22.6 Å². The Kier molecular flexibility index (Phi) is 5.42. The van der Waals surface area contributed by atoms with Crippen LogP contribution >= 0.6 is 11.6 Å². The smallest absolute Gasteiger partial charge is 0.319 e. The van der Waals surface area contributed by atoms with E-state index in [1.165, 1.54) is 7.11 Å². The first-order valence-corrected chi connectivity index (χ1v) is 8.59. The van der Waals surface area contributed by atoms with E-state index in [1.54, 1.807) is 19.2 Å². The molecule has 6 nitrogen and oxygen atoms in total. The highest BCUT2D eigenvalue weighted by Gasteiger charge is 2.22. The molecule has 2 aromatic carbocycles. The minimum atomic E-state index is -0.329. The molecule has 2 amide bonds. The lowest BCUT2D eigenvalue weighted by Crippen LogP contribution is -2.44. The number of hydrogen-bond donors (Lipinski definition) is 2. The molecule has 1 heterocycles. The largest absolute Gasteiger partial charge is 0.497 e. The Morgan fingerprint density at radius 2 is 2.04 bits per heavy atom. The molecule has 2 aromatic rings. The van der Waals surface area contributed by atoms with E-state index in [4.69, 9.17) is 25.8 Å². The predicted molar refractivity (Wildman–Crippen MR) is 101 cm³/mol. The van der Waals surface area contributed by atoms with Crippen LogP contribution in [0.25, 0.3) is 0 Å². The van der Waals surface area contributed by atoms with Gasteiger partial charge in [0.1, 0.15) is 23.9 Å². The molecule has 138 valence electrons. The lowest BCUT2D eigenvalue weighted by molar-refractivity contribution is 0.222. The number of urea groups is 1. The van der Waals surface area contributed by atoms with Crippen LogP contribution in [0, 0.1) is 6.92 Å². The average molecular weight is 377 g/mol. The first-order valence-electron chi connectivity index (χ1n) is 8.21. The van der Waals surface area contributed by atoms with E-state index in [9.17, 15) is 4.79 Å².